The summed E-state index contributed by atoms with van der Waals surface area (Å²) in [6.45, 7) is 3.91. The summed E-state index contributed by atoms with van der Waals surface area (Å²) in [5.74, 6) is -0.133. The summed E-state index contributed by atoms with van der Waals surface area (Å²) < 4.78 is 11.4. The van der Waals surface area contributed by atoms with E-state index in [4.69, 9.17) is 9.47 Å². The Labute approximate surface area is 484 Å². The molecule has 1 rings (SSSR count). The minimum absolute atomic E-state index is 0.130. The molecule has 9 nitrogen and oxygen atoms in total. The second-order valence-electron chi connectivity index (χ2n) is 25.0. The van der Waals surface area contributed by atoms with Crippen LogP contribution in [0.2, 0.25) is 0 Å². The molecular weight excluding hydrogens is 971 g/mol. The number of nitrogens with one attached hydrogen (secondary N) is 1. The monoisotopic (exact) mass is 1110 g/mol. The van der Waals surface area contributed by atoms with Crippen molar-refractivity contribution in [1.82, 2.24) is 5.32 Å². The van der Waals surface area contributed by atoms with Crippen LogP contribution >= 0.6 is 0 Å². The van der Waals surface area contributed by atoms with Gasteiger partial charge in [-0.1, -0.05) is 361 Å². The van der Waals surface area contributed by atoms with E-state index in [1.807, 2.05) is 0 Å². The number of aliphatic hydroxyl groups excluding tert-OH is 5. The molecule has 0 spiro atoms. The highest BCUT2D eigenvalue weighted by molar-refractivity contribution is 5.76. The zero-order valence-electron chi connectivity index (χ0n) is 52.2. The van der Waals surface area contributed by atoms with E-state index in [0.29, 0.717) is 12.8 Å². The van der Waals surface area contributed by atoms with Gasteiger partial charge in [0.1, 0.15) is 24.4 Å². The van der Waals surface area contributed by atoms with Crippen LogP contribution in [0.1, 0.15) is 380 Å². The maximum Gasteiger partial charge on any atom is 0.220 e. The average Bonchev–Trinajstić information content (AvgIpc) is 3.45. The molecule has 1 saturated heterocycles. The van der Waals surface area contributed by atoms with E-state index < -0.39 is 49.5 Å². The van der Waals surface area contributed by atoms with E-state index in [1.54, 1.807) is 0 Å². The average molecular weight is 1110 g/mol. The zero-order valence-corrected chi connectivity index (χ0v) is 52.2. The molecular formula is C69H137NO8. The molecule has 0 aromatic heterocycles. The third kappa shape index (κ3) is 47.7. The Bertz CT molecular complexity index is 1190. The van der Waals surface area contributed by atoms with E-state index in [2.05, 4.69) is 19.2 Å². The normalized spacial score (nSPS) is 18.5. The van der Waals surface area contributed by atoms with Crippen molar-refractivity contribution in [3.05, 3.63) is 0 Å². The van der Waals surface area contributed by atoms with Gasteiger partial charge in [0.2, 0.25) is 5.91 Å². The van der Waals surface area contributed by atoms with E-state index in [0.717, 1.165) is 38.5 Å². The fourth-order valence-corrected chi connectivity index (χ4v) is 11.9. The largest absolute Gasteiger partial charge is 0.394 e. The van der Waals surface area contributed by atoms with Crippen molar-refractivity contribution in [2.45, 2.75) is 423 Å². The van der Waals surface area contributed by atoms with Gasteiger partial charge in [0, 0.05) is 6.42 Å². The Hall–Kier alpha value is -0.810. The van der Waals surface area contributed by atoms with Crippen molar-refractivity contribution in [3.63, 3.8) is 0 Å². The lowest BCUT2D eigenvalue weighted by atomic mass is 9.99. The number of carbonyl (C=O) groups is 1. The molecule has 1 aliphatic heterocycles. The predicted octanol–water partition coefficient (Wildman–Crippen LogP) is 18.9. The summed E-state index contributed by atoms with van der Waals surface area (Å²) in [6.07, 6.45) is 67.5. The lowest BCUT2D eigenvalue weighted by Gasteiger charge is -2.40. The van der Waals surface area contributed by atoms with E-state index in [-0.39, 0.29) is 12.5 Å². The molecule has 0 bridgehead atoms. The SMILES string of the molecule is CCCCCCCCCCCCCCCCCCCCCCCCCCCCCCCCCCC(=O)NC(COC1OC(CO)C(O)C(O)C1O)C(O)CCCCCCCCCCCCCCCCCCCCCCCCC. The Morgan fingerprint density at radius 1 is 0.385 bits per heavy atom. The van der Waals surface area contributed by atoms with E-state index in [9.17, 15) is 30.3 Å². The lowest BCUT2D eigenvalue weighted by molar-refractivity contribution is -0.302. The molecule has 0 aliphatic carbocycles. The second kappa shape index (κ2) is 59.4. The first kappa shape index (κ1) is 75.2. The smallest absolute Gasteiger partial charge is 0.220 e. The van der Waals surface area contributed by atoms with Crippen molar-refractivity contribution < 1.29 is 39.8 Å². The van der Waals surface area contributed by atoms with Gasteiger partial charge in [0.25, 0.3) is 0 Å². The van der Waals surface area contributed by atoms with Crippen molar-refractivity contribution in [1.29, 1.82) is 0 Å². The summed E-state index contributed by atoms with van der Waals surface area (Å²) in [5, 5.41) is 54.9. The number of unbranched alkanes of at least 4 members (excludes halogenated alkanes) is 53. The maximum absolute atomic E-state index is 13.1. The Balaban J connectivity index is 2.08. The number of hydrogen-bond donors (Lipinski definition) is 6. The second-order valence-corrected chi connectivity index (χ2v) is 25.0. The molecule has 1 heterocycles. The van der Waals surface area contributed by atoms with Crippen molar-refractivity contribution in [3.8, 4) is 0 Å². The quantitative estimate of drug-likeness (QED) is 0.0330. The first-order valence-corrected chi connectivity index (χ1v) is 35.2. The molecule has 0 aromatic carbocycles. The third-order valence-corrected chi connectivity index (χ3v) is 17.5. The molecule has 1 aliphatic rings. The topological polar surface area (TPSA) is 149 Å². The van der Waals surface area contributed by atoms with Crippen molar-refractivity contribution >= 4 is 5.91 Å². The van der Waals surface area contributed by atoms with E-state index in [1.165, 1.54) is 315 Å². The van der Waals surface area contributed by atoms with Gasteiger partial charge in [-0.3, -0.25) is 4.79 Å². The number of carbonyl (C=O) groups excluding carboxylic acids is 1. The van der Waals surface area contributed by atoms with Crippen LogP contribution in [0.25, 0.3) is 0 Å². The summed E-state index contributed by atoms with van der Waals surface area (Å²) in [6, 6.07) is -0.715. The highest BCUT2D eigenvalue weighted by Gasteiger charge is 2.44. The molecule has 6 N–H and O–H groups in total. The summed E-state index contributed by atoms with van der Waals surface area (Å²) in [5.41, 5.74) is 0. The van der Waals surface area contributed by atoms with Gasteiger partial charge < -0.3 is 40.3 Å². The molecule has 7 atom stereocenters. The lowest BCUT2D eigenvalue weighted by Crippen LogP contribution is -2.60. The van der Waals surface area contributed by atoms with E-state index >= 15 is 0 Å². The molecule has 0 radical (unpaired) electrons. The van der Waals surface area contributed by atoms with Gasteiger partial charge in [-0.05, 0) is 12.8 Å². The fourth-order valence-electron chi connectivity index (χ4n) is 11.9. The third-order valence-electron chi connectivity index (χ3n) is 17.5. The van der Waals surface area contributed by atoms with Gasteiger partial charge in [-0.2, -0.15) is 0 Å². The number of hydrogen-bond acceptors (Lipinski definition) is 8. The van der Waals surface area contributed by atoms with Crippen LogP contribution in [0.3, 0.4) is 0 Å². The molecule has 0 saturated carbocycles. The molecule has 1 fully saturated rings. The van der Waals surface area contributed by atoms with Crippen LogP contribution < -0.4 is 5.32 Å². The molecule has 0 aromatic rings. The zero-order chi connectivity index (χ0) is 56.5. The summed E-state index contributed by atoms with van der Waals surface area (Å²) in [4.78, 5) is 13.1. The van der Waals surface area contributed by atoms with Gasteiger partial charge in [0.05, 0.1) is 25.4 Å². The molecule has 78 heavy (non-hydrogen) atoms. The number of ether oxygens (including phenoxy) is 2. The standard InChI is InChI=1S/C69H137NO8/c1-3-5-7-9-11-13-15-17-19-21-23-25-27-28-29-30-31-32-33-34-35-37-39-41-43-45-47-49-51-53-55-57-59-65(73)70-62(61-77-69-68(76)67(75)66(74)64(60-71)78-69)63(72)58-56-54-52-50-48-46-44-42-40-38-36-26-24-22-20-18-16-14-12-10-8-6-4-2/h62-64,66-69,71-72,74-76H,3-61H2,1-2H3,(H,70,73). The van der Waals surface area contributed by atoms with Crippen molar-refractivity contribution in [2.75, 3.05) is 13.2 Å². The van der Waals surface area contributed by atoms with Crippen LogP contribution in [0.4, 0.5) is 0 Å². The van der Waals surface area contributed by atoms with Gasteiger partial charge in [0.15, 0.2) is 6.29 Å². The minimum atomic E-state index is -1.55. The Morgan fingerprint density at radius 2 is 0.641 bits per heavy atom. The number of rotatable bonds is 63. The first-order valence-electron chi connectivity index (χ1n) is 35.2. The highest BCUT2D eigenvalue weighted by Crippen LogP contribution is 2.24. The molecule has 9 heteroatoms. The minimum Gasteiger partial charge on any atom is -0.394 e. The van der Waals surface area contributed by atoms with Gasteiger partial charge >= 0.3 is 0 Å². The maximum atomic E-state index is 13.1. The van der Waals surface area contributed by atoms with Crippen LogP contribution in [-0.2, 0) is 14.3 Å². The predicted molar refractivity (Wildman–Crippen MR) is 332 cm³/mol. The van der Waals surface area contributed by atoms with Gasteiger partial charge in [-0.15, -0.1) is 0 Å². The fraction of sp³-hybridized carbons (Fsp3) is 0.986. The Kier molecular flexibility index (Phi) is 57.2. The Morgan fingerprint density at radius 3 is 0.910 bits per heavy atom. The molecule has 7 unspecified atom stereocenters. The van der Waals surface area contributed by atoms with Crippen LogP contribution in [0.5, 0.6) is 0 Å². The first-order chi connectivity index (χ1) is 38.3. The van der Waals surface area contributed by atoms with Crippen molar-refractivity contribution in [2.24, 2.45) is 0 Å². The summed E-state index contributed by atoms with van der Waals surface area (Å²) in [7, 11) is 0. The van der Waals surface area contributed by atoms with Crippen LogP contribution in [-0.4, -0.2) is 87.5 Å². The number of aliphatic hydroxyl groups is 5. The van der Waals surface area contributed by atoms with Crippen LogP contribution in [0, 0.1) is 0 Å². The number of amides is 1. The van der Waals surface area contributed by atoms with Crippen LogP contribution in [0.15, 0.2) is 0 Å². The highest BCUT2D eigenvalue weighted by atomic mass is 16.7. The summed E-state index contributed by atoms with van der Waals surface area (Å²) >= 11 is 0. The molecule has 1 amide bonds. The van der Waals surface area contributed by atoms with Gasteiger partial charge in [-0.25, -0.2) is 0 Å². The molecule has 466 valence electrons.